The minimum Gasteiger partial charge on any atom is -0.493 e. The van der Waals surface area contributed by atoms with E-state index in [9.17, 15) is 0 Å². The number of rotatable bonds is 7. The zero-order valence-corrected chi connectivity index (χ0v) is 21.8. The molecule has 0 heterocycles. The molecule has 0 unspecified atom stereocenters. The number of hydrogen-bond acceptors (Lipinski definition) is 4. The first-order chi connectivity index (χ1) is 14.4. The SMILES string of the molecule is C=CCc1cc(OC)c(OC)c(OC)c1.CC.CC.CC.CCCC(C)C.O=CO. The van der Waals surface area contributed by atoms with Crippen LogP contribution in [0, 0.1) is 5.92 Å². The van der Waals surface area contributed by atoms with E-state index in [-0.39, 0.29) is 6.47 Å². The Kier molecular flexibility index (Phi) is 44.0. The molecule has 5 heteroatoms. The van der Waals surface area contributed by atoms with Gasteiger partial charge < -0.3 is 19.3 Å². The fraction of sp³-hybridized carbons (Fsp3) is 0.640. The van der Waals surface area contributed by atoms with Crippen LogP contribution in [0.25, 0.3) is 0 Å². The molecule has 0 amide bonds. The average Bonchev–Trinajstić information content (AvgIpc) is 2.78. The lowest BCUT2D eigenvalue weighted by Crippen LogP contribution is -1.96. The van der Waals surface area contributed by atoms with Crippen LogP contribution in [0.4, 0.5) is 0 Å². The topological polar surface area (TPSA) is 65.0 Å². The summed E-state index contributed by atoms with van der Waals surface area (Å²) in [4.78, 5) is 8.36. The molecule has 0 fully saturated rings. The third kappa shape index (κ3) is 23.9. The molecule has 0 aliphatic heterocycles. The molecule has 0 bridgehead atoms. The second-order valence-corrected chi connectivity index (χ2v) is 5.31. The predicted molar refractivity (Wildman–Crippen MR) is 132 cm³/mol. The summed E-state index contributed by atoms with van der Waals surface area (Å²) >= 11 is 0. The first-order valence-electron chi connectivity index (χ1n) is 10.9. The molecule has 180 valence electrons. The Morgan fingerprint density at radius 3 is 1.47 bits per heavy atom. The monoisotopic (exact) mass is 430 g/mol. The van der Waals surface area contributed by atoms with Gasteiger partial charge in [0, 0.05) is 0 Å². The summed E-state index contributed by atoms with van der Waals surface area (Å²) in [6, 6.07) is 3.84. The van der Waals surface area contributed by atoms with E-state index in [4.69, 9.17) is 24.1 Å². The smallest absolute Gasteiger partial charge is 0.290 e. The number of carboxylic acid groups (broad SMARTS) is 1. The average molecular weight is 431 g/mol. The van der Waals surface area contributed by atoms with Gasteiger partial charge in [-0.1, -0.05) is 81.2 Å². The molecule has 0 radical (unpaired) electrons. The first kappa shape index (κ1) is 38.4. The van der Waals surface area contributed by atoms with E-state index in [1.54, 1.807) is 21.3 Å². The Hall–Kier alpha value is -2.17. The van der Waals surface area contributed by atoms with Crippen molar-refractivity contribution in [3.8, 4) is 17.2 Å². The number of ether oxygens (including phenoxy) is 3. The second kappa shape index (κ2) is 34.3. The zero-order chi connectivity index (χ0) is 25.0. The summed E-state index contributed by atoms with van der Waals surface area (Å²) in [7, 11) is 4.80. The van der Waals surface area contributed by atoms with E-state index in [1.807, 2.05) is 59.8 Å². The summed E-state index contributed by atoms with van der Waals surface area (Å²) in [6.07, 6.45) is 5.31. The Labute approximate surface area is 187 Å². The van der Waals surface area contributed by atoms with Crippen molar-refractivity contribution in [2.24, 2.45) is 5.92 Å². The van der Waals surface area contributed by atoms with Crippen LogP contribution < -0.4 is 14.2 Å². The third-order valence-electron chi connectivity index (χ3n) is 2.97. The fourth-order valence-corrected chi connectivity index (χ4v) is 2.00. The number of carbonyl (C=O) groups is 1. The quantitative estimate of drug-likeness (QED) is 0.355. The van der Waals surface area contributed by atoms with Gasteiger partial charge in [-0.3, -0.25) is 4.79 Å². The van der Waals surface area contributed by atoms with Crippen LogP contribution in [0.3, 0.4) is 0 Å². The third-order valence-corrected chi connectivity index (χ3v) is 2.97. The number of hydrogen-bond donors (Lipinski definition) is 1. The maximum Gasteiger partial charge on any atom is 0.290 e. The molecule has 0 saturated carbocycles. The van der Waals surface area contributed by atoms with Crippen molar-refractivity contribution >= 4 is 6.47 Å². The van der Waals surface area contributed by atoms with E-state index >= 15 is 0 Å². The van der Waals surface area contributed by atoms with Crippen molar-refractivity contribution in [1.29, 1.82) is 0 Å². The molecule has 0 aliphatic carbocycles. The van der Waals surface area contributed by atoms with Crippen LogP contribution in [-0.2, 0) is 11.2 Å². The van der Waals surface area contributed by atoms with Gasteiger partial charge in [0.05, 0.1) is 21.3 Å². The van der Waals surface area contributed by atoms with Crippen molar-refractivity contribution < 1.29 is 24.1 Å². The summed E-state index contributed by atoms with van der Waals surface area (Å²) in [5, 5.41) is 6.89. The lowest BCUT2D eigenvalue weighted by Gasteiger charge is -2.13. The Morgan fingerprint density at radius 1 is 0.933 bits per heavy atom. The summed E-state index contributed by atoms with van der Waals surface area (Å²) in [5.74, 6) is 2.87. The van der Waals surface area contributed by atoms with Gasteiger partial charge in [-0.05, 0) is 30.0 Å². The van der Waals surface area contributed by atoms with Crippen molar-refractivity contribution in [2.45, 2.75) is 81.6 Å². The standard InChI is InChI=1S/C12H16O3.C6H14.3C2H6.CH2O2/c1-5-6-9-7-10(13-2)12(15-4)11(8-9)14-3;1-4-5-6(2)3;3*1-2;2-1-3/h5,7-8H,1,6H2,2-4H3;6H,4-5H2,1-3H3;3*1-2H3;1H,(H,2,3). The predicted octanol–water partition coefficient (Wildman–Crippen LogP) is 7.66. The van der Waals surface area contributed by atoms with E-state index < -0.39 is 0 Å². The van der Waals surface area contributed by atoms with Gasteiger partial charge >= 0.3 is 0 Å². The van der Waals surface area contributed by atoms with Crippen molar-refractivity contribution in [2.75, 3.05) is 21.3 Å². The molecule has 5 nitrogen and oxygen atoms in total. The van der Waals surface area contributed by atoms with Gasteiger partial charge in [-0.2, -0.15) is 0 Å². The lowest BCUT2D eigenvalue weighted by atomic mass is 10.1. The highest BCUT2D eigenvalue weighted by molar-refractivity contribution is 5.54. The molecule has 0 spiro atoms. The fourth-order valence-electron chi connectivity index (χ4n) is 2.00. The van der Waals surface area contributed by atoms with Crippen LogP contribution in [0.1, 0.15) is 80.7 Å². The zero-order valence-electron chi connectivity index (χ0n) is 21.8. The lowest BCUT2D eigenvalue weighted by molar-refractivity contribution is -0.122. The molecular formula is C25H50O5. The largest absolute Gasteiger partial charge is 0.493 e. The van der Waals surface area contributed by atoms with Crippen LogP contribution >= 0.6 is 0 Å². The van der Waals surface area contributed by atoms with E-state index in [2.05, 4.69) is 27.4 Å². The molecule has 1 rings (SSSR count). The van der Waals surface area contributed by atoms with E-state index in [0.717, 1.165) is 17.9 Å². The molecule has 30 heavy (non-hydrogen) atoms. The molecule has 0 saturated heterocycles. The Balaban J connectivity index is -0.000000116. The van der Waals surface area contributed by atoms with E-state index in [0.29, 0.717) is 17.2 Å². The maximum absolute atomic E-state index is 8.36. The molecule has 0 aromatic heterocycles. The van der Waals surface area contributed by atoms with Crippen molar-refractivity contribution in [3.63, 3.8) is 0 Å². The molecule has 1 aromatic rings. The summed E-state index contributed by atoms with van der Waals surface area (Å²) < 4.78 is 15.7. The van der Waals surface area contributed by atoms with Gasteiger partial charge in [-0.15, -0.1) is 6.58 Å². The van der Waals surface area contributed by atoms with Crippen molar-refractivity contribution in [3.05, 3.63) is 30.4 Å². The number of allylic oxidation sites excluding steroid dienone is 1. The number of benzene rings is 1. The highest BCUT2D eigenvalue weighted by atomic mass is 16.5. The molecular weight excluding hydrogens is 380 g/mol. The van der Waals surface area contributed by atoms with Crippen LogP contribution in [0.5, 0.6) is 17.2 Å². The highest BCUT2D eigenvalue weighted by Crippen LogP contribution is 2.38. The van der Waals surface area contributed by atoms with Crippen LogP contribution in [-0.4, -0.2) is 32.9 Å². The van der Waals surface area contributed by atoms with Gasteiger partial charge in [0.25, 0.3) is 6.47 Å². The molecule has 1 aromatic carbocycles. The minimum atomic E-state index is -0.250. The van der Waals surface area contributed by atoms with Gasteiger partial charge in [-0.25, -0.2) is 0 Å². The normalized spacial score (nSPS) is 7.77. The van der Waals surface area contributed by atoms with Crippen LogP contribution in [0.15, 0.2) is 24.8 Å². The second-order valence-electron chi connectivity index (χ2n) is 5.31. The molecule has 0 aliphatic rings. The molecule has 1 N–H and O–H groups in total. The molecule has 0 atom stereocenters. The first-order valence-corrected chi connectivity index (χ1v) is 10.9. The number of methoxy groups -OCH3 is 3. The maximum atomic E-state index is 8.36. The Bertz CT molecular complexity index is 432. The summed E-state index contributed by atoms with van der Waals surface area (Å²) in [5.41, 5.74) is 1.08. The Morgan fingerprint density at radius 2 is 1.30 bits per heavy atom. The highest BCUT2D eigenvalue weighted by Gasteiger charge is 2.12. The van der Waals surface area contributed by atoms with E-state index in [1.165, 1.54) is 12.8 Å². The minimum absolute atomic E-state index is 0.250. The van der Waals surface area contributed by atoms with Crippen LogP contribution in [0.2, 0.25) is 0 Å². The van der Waals surface area contributed by atoms with Gasteiger partial charge in [0.15, 0.2) is 11.5 Å². The van der Waals surface area contributed by atoms with Crippen molar-refractivity contribution in [1.82, 2.24) is 0 Å². The van der Waals surface area contributed by atoms with Gasteiger partial charge in [0.2, 0.25) is 5.75 Å². The van der Waals surface area contributed by atoms with Gasteiger partial charge in [0.1, 0.15) is 0 Å². The summed E-state index contributed by atoms with van der Waals surface area (Å²) in [6.45, 7) is 22.2.